The van der Waals surface area contributed by atoms with Crippen molar-refractivity contribution in [1.82, 2.24) is 4.90 Å². The molecule has 0 aromatic heterocycles. The molecule has 0 aromatic rings. The smallest absolute Gasteiger partial charge is 0.351 e. The third-order valence-corrected chi connectivity index (χ3v) is 1.18. The van der Waals surface area contributed by atoms with E-state index in [2.05, 4.69) is 34.8 Å². The summed E-state index contributed by atoms with van der Waals surface area (Å²) in [5.74, 6) is 0. The van der Waals surface area contributed by atoms with E-state index in [0.717, 1.165) is 6.41 Å². The number of amides is 1. The fraction of sp³-hybridized carbons (Fsp3) is 0.800. The molecule has 0 aliphatic heterocycles. The predicted molar refractivity (Wildman–Crippen MR) is 46.1 cm³/mol. The van der Waals surface area contributed by atoms with Crippen molar-refractivity contribution in [2.75, 3.05) is 14.1 Å². The number of carbonyl (C=O) groups excluding carboxylic acids is 1. The maximum atomic E-state index is 11.2. The molecule has 0 aliphatic rings. The highest BCUT2D eigenvalue weighted by Gasteiger charge is 2.51. The molecule has 1 amide bonds. The molecule has 13 heavy (non-hydrogen) atoms. The second-order valence-electron chi connectivity index (χ2n) is 2.06. The molecule has 0 radical (unpaired) electrons. The van der Waals surface area contributed by atoms with Crippen LogP contribution in [-0.4, -0.2) is 35.4 Å². The van der Waals surface area contributed by atoms with Crippen LogP contribution >= 0.6 is 34.8 Å². The lowest BCUT2D eigenvalue weighted by Gasteiger charge is -2.13. The highest BCUT2D eigenvalue weighted by Crippen LogP contribution is 2.42. The predicted octanol–water partition coefficient (Wildman–Crippen LogP) is 2.62. The molecule has 0 aromatic carbocycles. The van der Waals surface area contributed by atoms with Crippen molar-refractivity contribution in [3.8, 4) is 0 Å². The number of nitrogens with zero attached hydrogens (tertiary/aromatic N) is 1. The first-order valence-corrected chi connectivity index (χ1v) is 3.91. The molecule has 8 heteroatoms. The molecule has 0 heterocycles. The second kappa shape index (κ2) is 5.78. The molecule has 0 aliphatic carbocycles. The Morgan fingerprint density at radius 3 is 1.31 bits per heavy atom. The highest BCUT2D eigenvalue weighted by atomic mass is 35.6. The van der Waals surface area contributed by atoms with Gasteiger partial charge in [0.25, 0.3) is 3.79 Å². The average Bonchev–Trinajstić information content (AvgIpc) is 1.84. The van der Waals surface area contributed by atoms with E-state index in [1.807, 2.05) is 0 Å². The standard InChI is InChI=1S/C3H7NO.C2Cl3F3/c1-4(2)3-5;3-1(4,5)2(6,7)8/h3H,1-2H3;. The van der Waals surface area contributed by atoms with Crippen LogP contribution in [0.1, 0.15) is 0 Å². The van der Waals surface area contributed by atoms with E-state index in [9.17, 15) is 18.0 Å². The van der Waals surface area contributed by atoms with Gasteiger partial charge in [-0.15, -0.1) is 0 Å². The zero-order chi connectivity index (χ0) is 11.3. The minimum Gasteiger partial charge on any atom is -0.351 e. The van der Waals surface area contributed by atoms with E-state index in [0.29, 0.717) is 0 Å². The van der Waals surface area contributed by atoms with Crippen molar-refractivity contribution < 1.29 is 18.0 Å². The zero-order valence-corrected chi connectivity index (χ0v) is 8.97. The van der Waals surface area contributed by atoms with Crippen molar-refractivity contribution in [2.45, 2.75) is 9.97 Å². The largest absolute Gasteiger partial charge is 0.435 e. The zero-order valence-electron chi connectivity index (χ0n) is 6.70. The Bertz CT molecular complexity index is 142. The molecule has 2 nitrogen and oxygen atoms in total. The van der Waals surface area contributed by atoms with Gasteiger partial charge in [0, 0.05) is 14.1 Å². The summed E-state index contributed by atoms with van der Waals surface area (Å²) < 4.78 is 30.4. The SMILES string of the molecule is CN(C)C=O.FC(F)(F)C(Cl)(Cl)Cl. The van der Waals surface area contributed by atoms with E-state index >= 15 is 0 Å². The minimum absolute atomic E-state index is 0.750. The number of alkyl halides is 6. The van der Waals surface area contributed by atoms with Crippen LogP contribution in [0.3, 0.4) is 0 Å². The van der Waals surface area contributed by atoms with Gasteiger partial charge in [-0.1, -0.05) is 34.8 Å². The average molecular weight is 260 g/mol. The quantitative estimate of drug-likeness (QED) is 0.524. The van der Waals surface area contributed by atoms with Crippen LogP contribution < -0.4 is 0 Å². The van der Waals surface area contributed by atoms with Gasteiger partial charge in [-0.2, -0.15) is 13.2 Å². The minimum atomic E-state index is -4.77. The summed E-state index contributed by atoms with van der Waals surface area (Å²) in [6.45, 7) is 0. The lowest BCUT2D eigenvalue weighted by atomic mass is 10.8. The van der Waals surface area contributed by atoms with Crippen molar-refractivity contribution in [3.05, 3.63) is 0 Å². The first-order chi connectivity index (χ1) is 5.52. The number of halogens is 6. The number of rotatable bonds is 1. The molecule has 0 spiro atoms. The molecule has 0 saturated heterocycles. The summed E-state index contributed by atoms with van der Waals surface area (Å²) >= 11 is 13.2. The number of hydrogen-bond acceptors (Lipinski definition) is 1. The van der Waals surface area contributed by atoms with Crippen molar-refractivity contribution >= 4 is 41.2 Å². The Morgan fingerprint density at radius 2 is 1.31 bits per heavy atom. The van der Waals surface area contributed by atoms with E-state index in [-0.39, 0.29) is 0 Å². The normalized spacial score (nSPS) is 11.4. The maximum absolute atomic E-state index is 11.2. The first kappa shape index (κ1) is 15.6. The summed E-state index contributed by atoms with van der Waals surface area (Å²) in [5, 5.41) is 0. The van der Waals surface area contributed by atoms with Gasteiger partial charge in [-0.05, 0) is 0 Å². The van der Waals surface area contributed by atoms with Crippen molar-refractivity contribution in [3.63, 3.8) is 0 Å². The Labute approximate surface area is 88.5 Å². The summed E-state index contributed by atoms with van der Waals surface area (Å²) in [7, 11) is 3.38. The van der Waals surface area contributed by atoms with Crippen LogP contribution in [0.4, 0.5) is 13.2 Å². The monoisotopic (exact) mass is 259 g/mol. The van der Waals surface area contributed by atoms with Gasteiger partial charge in [0.1, 0.15) is 0 Å². The Kier molecular flexibility index (Phi) is 6.93. The van der Waals surface area contributed by atoms with E-state index in [1.54, 1.807) is 14.1 Å². The highest BCUT2D eigenvalue weighted by molar-refractivity contribution is 6.68. The summed E-state index contributed by atoms with van der Waals surface area (Å²) in [5.41, 5.74) is 0. The van der Waals surface area contributed by atoms with Crippen molar-refractivity contribution in [2.24, 2.45) is 0 Å². The first-order valence-electron chi connectivity index (χ1n) is 2.77. The third-order valence-electron chi connectivity index (χ3n) is 0.532. The molecule has 0 saturated carbocycles. The lowest BCUT2D eigenvalue weighted by Crippen LogP contribution is -2.27. The van der Waals surface area contributed by atoms with E-state index < -0.39 is 9.97 Å². The topological polar surface area (TPSA) is 20.3 Å². The fourth-order valence-electron chi connectivity index (χ4n) is 0. The fourth-order valence-corrected chi connectivity index (χ4v) is 0. The molecule has 0 rings (SSSR count). The van der Waals surface area contributed by atoms with E-state index in [4.69, 9.17) is 0 Å². The Balaban J connectivity index is 0. The van der Waals surface area contributed by atoms with Gasteiger partial charge >= 0.3 is 6.18 Å². The van der Waals surface area contributed by atoms with Crippen molar-refractivity contribution in [1.29, 1.82) is 0 Å². The van der Waals surface area contributed by atoms with Crippen LogP contribution in [0.25, 0.3) is 0 Å². The van der Waals surface area contributed by atoms with E-state index in [1.165, 1.54) is 4.90 Å². The summed E-state index contributed by atoms with van der Waals surface area (Å²) in [6, 6.07) is 0. The summed E-state index contributed by atoms with van der Waals surface area (Å²) in [4.78, 5) is 10.9. The van der Waals surface area contributed by atoms with Gasteiger partial charge in [0.15, 0.2) is 0 Å². The van der Waals surface area contributed by atoms with Crippen LogP contribution in [-0.2, 0) is 4.79 Å². The number of hydrogen-bond donors (Lipinski definition) is 0. The molecule has 80 valence electrons. The Hall–Kier alpha value is 0.130. The van der Waals surface area contributed by atoms with Gasteiger partial charge in [-0.25, -0.2) is 0 Å². The molecule has 0 atom stereocenters. The Morgan fingerprint density at radius 1 is 1.15 bits per heavy atom. The summed E-state index contributed by atoms with van der Waals surface area (Å²) in [6.07, 6.45) is -4.02. The third kappa shape index (κ3) is 10.0. The second-order valence-corrected chi connectivity index (χ2v) is 4.35. The van der Waals surface area contributed by atoms with Crippen LogP contribution in [0.5, 0.6) is 0 Å². The maximum Gasteiger partial charge on any atom is 0.435 e. The van der Waals surface area contributed by atoms with Crippen LogP contribution in [0, 0.1) is 0 Å². The van der Waals surface area contributed by atoms with Crippen LogP contribution in [0.2, 0.25) is 0 Å². The number of carbonyl (C=O) groups is 1. The molecular weight excluding hydrogens is 253 g/mol. The van der Waals surface area contributed by atoms with Gasteiger partial charge in [0.05, 0.1) is 0 Å². The lowest BCUT2D eigenvalue weighted by molar-refractivity contribution is -0.124. The molecular formula is C5H7Cl3F3NO. The molecule has 0 bridgehead atoms. The van der Waals surface area contributed by atoms with Gasteiger partial charge < -0.3 is 4.90 Å². The van der Waals surface area contributed by atoms with Crippen LogP contribution in [0.15, 0.2) is 0 Å². The molecule has 0 unspecified atom stereocenters. The molecule has 0 fully saturated rings. The van der Waals surface area contributed by atoms with Gasteiger partial charge in [-0.3, -0.25) is 4.79 Å². The van der Waals surface area contributed by atoms with Gasteiger partial charge in [0.2, 0.25) is 6.41 Å². The molecule has 0 N–H and O–H groups in total.